The van der Waals surface area contributed by atoms with Crippen molar-refractivity contribution in [1.29, 1.82) is 0 Å². The second-order valence-electron chi connectivity index (χ2n) is 4.75. The Hall–Kier alpha value is -1.69. The summed E-state index contributed by atoms with van der Waals surface area (Å²) in [5.41, 5.74) is 0.576. The first-order valence-corrected chi connectivity index (χ1v) is 7.67. The molecule has 0 saturated carbocycles. The minimum atomic E-state index is -1.05. The molecule has 5 nitrogen and oxygen atoms in total. The van der Waals surface area contributed by atoms with Crippen LogP contribution < -0.4 is 5.32 Å². The lowest BCUT2D eigenvalue weighted by Crippen LogP contribution is -2.51. The Labute approximate surface area is 122 Å². The Kier molecular flexibility index (Phi) is 4.89. The van der Waals surface area contributed by atoms with Crippen LogP contribution in [-0.4, -0.2) is 46.1 Å². The van der Waals surface area contributed by atoms with Crippen molar-refractivity contribution < 1.29 is 14.7 Å². The zero-order chi connectivity index (χ0) is 14.5. The van der Waals surface area contributed by atoms with Crippen molar-refractivity contribution in [1.82, 2.24) is 10.2 Å². The van der Waals surface area contributed by atoms with Crippen molar-refractivity contribution in [2.24, 2.45) is 0 Å². The molecule has 108 valence electrons. The molecule has 2 N–H and O–H groups in total. The highest BCUT2D eigenvalue weighted by Crippen LogP contribution is 2.18. The molecule has 1 unspecified atom stereocenters. The molecule has 1 saturated heterocycles. The molecule has 1 heterocycles. The van der Waals surface area contributed by atoms with Crippen LogP contribution >= 0.6 is 11.8 Å². The van der Waals surface area contributed by atoms with Gasteiger partial charge in [0.25, 0.3) is 0 Å². The Bertz CT molecular complexity index is 481. The predicted octanol–water partition coefficient (Wildman–Crippen LogP) is 1.96. The monoisotopic (exact) mass is 294 g/mol. The molecule has 6 heteroatoms. The highest BCUT2D eigenvalue weighted by atomic mass is 32.2. The van der Waals surface area contributed by atoms with Crippen molar-refractivity contribution in [3.8, 4) is 0 Å². The first-order chi connectivity index (χ1) is 9.59. The number of urea groups is 1. The molecule has 0 aliphatic carbocycles. The fourth-order valence-electron chi connectivity index (χ4n) is 2.17. The first kappa shape index (κ1) is 14.7. The lowest BCUT2D eigenvalue weighted by Gasteiger charge is -2.33. The third-order valence-corrected chi connectivity index (χ3v) is 4.47. The molecule has 1 aliphatic heterocycles. The van der Waals surface area contributed by atoms with E-state index in [9.17, 15) is 14.7 Å². The third-order valence-electron chi connectivity index (χ3n) is 3.28. The molecule has 0 aromatic heterocycles. The van der Waals surface area contributed by atoms with E-state index >= 15 is 0 Å². The lowest BCUT2D eigenvalue weighted by atomic mass is 10.1. The molecule has 0 bridgehead atoms. The average Bonchev–Trinajstić information content (AvgIpc) is 2.45. The predicted molar refractivity (Wildman–Crippen MR) is 78.8 cm³/mol. The minimum Gasteiger partial charge on any atom is -0.479 e. The maximum atomic E-state index is 12.2. The number of carboxylic acids is 1. The van der Waals surface area contributed by atoms with E-state index in [0.29, 0.717) is 12.1 Å². The summed E-state index contributed by atoms with van der Waals surface area (Å²) in [6.07, 6.45) is 0. The molecule has 1 aromatic rings. The van der Waals surface area contributed by atoms with Gasteiger partial charge in [-0.3, -0.25) is 0 Å². The van der Waals surface area contributed by atoms with Crippen LogP contribution in [0, 0.1) is 0 Å². The Morgan fingerprint density at radius 1 is 1.40 bits per heavy atom. The van der Waals surface area contributed by atoms with Crippen molar-refractivity contribution in [3.63, 3.8) is 0 Å². The van der Waals surface area contributed by atoms with Gasteiger partial charge in [0.15, 0.2) is 6.04 Å². The van der Waals surface area contributed by atoms with Crippen LogP contribution in [0.1, 0.15) is 18.5 Å². The van der Waals surface area contributed by atoms with Gasteiger partial charge in [0.2, 0.25) is 0 Å². The molecule has 1 aliphatic rings. The number of carboxylic acid groups (broad SMARTS) is 1. The number of hydrogen-bond acceptors (Lipinski definition) is 3. The van der Waals surface area contributed by atoms with E-state index in [4.69, 9.17) is 0 Å². The van der Waals surface area contributed by atoms with Gasteiger partial charge < -0.3 is 15.3 Å². The number of hydrogen-bond donors (Lipinski definition) is 2. The van der Waals surface area contributed by atoms with Crippen LogP contribution in [0.2, 0.25) is 0 Å². The number of carbonyl (C=O) groups is 2. The van der Waals surface area contributed by atoms with Crippen LogP contribution in [-0.2, 0) is 4.79 Å². The molecular formula is C14H18N2O3S. The number of rotatable bonds is 3. The van der Waals surface area contributed by atoms with Gasteiger partial charge in [0, 0.05) is 24.1 Å². The summed E-state index contributed by atoms with van der Waals surface area (Å²) in [4.78, 5) is 25.3. The number of nitrogens with zero attached hydrogens (tertiary/aromatic N) is 1. The van der Waals surface area contributed by atoms with Crippen molar-refractivity contribution >= 4 is 23.8 Å². The minimum absolute atomic E-state index is 0.124. The number of nitrogens with one attached hydrogen (secondary N) is 1. The van der Waals surface area contributed by atoms with Gasteiger partial charge >= 0.3 is 12.0 Å². The molecule has 2 amide bonds. The van der Waals surface area contributed by atoms with Crippen molar-refractivity contribution in [2.75, 3.05) is 18.1 Å². The van der Waals surface area contributed by atoms with Crippen molar-refractivity contribution in [2.45, 2.75) is 19.0 Å². The Morgan fingerprint density at radius 3 is 2.70 bits per heavy atom. The fraction of sp³-hybridized carbons (Fsp3) is 0.429. The van der Waals surface area contributed by atoms with Crippen LogP contribution in [0.3, 0.4) is 0 Å². The van der Waals surface area contributed by atoms with E-state index < -0.39 is 12.0 Å². The zero-order valence-electron chi connectivity index (χ0n) is 11.3. The number of carbonyl (C=O) groups excluding carboxylic acids is 1. The molecule has 1 aromatic carbocycles. The summed E-state index contributed by atoms with van der Waals surface area (Å²) in [6, 6.07) is 7.55. The summed E-state index contributed by atoms with van der Waals surface area (Å²) >= 11 is 1.81. The number of amides is 2. The molecule has 2 atom stereocenters. The largest absolute Gasteiger partial charge is 0.479 e. The molecule has 2 rings (SSSR count). The summed E-state index contributed by atoms with van der Waals surface area (Å²) < 4.78 is 0. The molecule has 1 fully saturated rings. The van der Waals surface area contributed by atoms with E-state index in [1.165, 1.54) is 0 Å². The van der Waals surface area contributed by atoms with Crippen LogP contribution in [0.15, 0.2) is 30.3 Å². The summed E-state index contributed by atoms with van der Waals surface area (Å²) in [6.45, 7) is 2.63. The fourth-order valence-corrected chi connectivity index (χ4v) is 3.18. The van der Waals surface area contributed by atoms with E-state index in [0.717, 1.165) is 11.5 Å². The third kappa shape index (κ3) is 3.45. The van der Waals surface area contributed by atoms with E-state index in [1.54, 1.807) is 29.2 Å². The summed E-state index contributed by atoms with van der Waals surface area (Å²) in [7, 11) is 0. The smallest absolute Gasteiger partial charge is 0.330 e. The quantitative estimate of drug-likeness (QED) is 0.894. The molecule has 0 radical (unpaired) electrons. The number of aliphatic carboxylic acids is 1. The second-order valence-corrected chi connectivity index (χ2v) is 5.90. The molecular weight excluding hydrogens is 276 g/mol. The summed E-state index contributed by atoms with van der Waals surface area (Å²) in [5.74, 6) is 0.723. The van der Waals surface area contributed by atoms with E-state index in [-0.39, 0.29) is 12.1 Å². The average molecular weight is 294 g/mol. The molecule has 20 heavy (non-hydrogen) atoms. The standard InChI is InChI=1S/C14H18N2O3S/c1-10-9-20-8-7-16(10)14(19)15-12(13(17)18)11-5-3-2-4-6-11/h2-6,10,12H,7-9H2,1H3,(H,15,19)(H,17,18)/t10?,12-/m0/s1. The summed E-state index contributed by atoms with van der Waals surface area (Å²) in [5, 5.41) is 11.9. The zero-order valence-corrected chi connectivity index (χ0v) is 12.1. The second kappa shape index (κ2) is 6.65. The van der Waals surface area contributed by atoms with Gasteiger partial charge in [-0.1, -0.05) is 30.3 Å². The van der Waals surface area contributed by atoms with Crippen LogP contribution in [0.4, 0.5) is 4.79 Å². The van der Waals surface area contributed by atoms with E-state index in [2.05, 4.69) is 5.32 Å². The van der Waals surface area contributed by atoms with Crippen molar-refractivity contribution in [3.05, 3.63) is 35.9 Å². The highest BCUT2D eigenvalue weighted by molar-refractivity contribution is 7.99. The van der Waals surface area contributed by atoms with Crippen LogP contribution in [0.25, 0.3) is 0 Å². The molecule has 0 spiro atoms. The highest BCUT2D eigenvalue weighted by Gasteiger charge is 2.28. The first-order valence-electron chi connectivity index (χ1n) is 6.52. The maximum Gasteiger partial charge on any atom is 0.330 e. The van der Waals surface area contributed by atoms with Gasteiger partial charge in [-0.25, -0.2) is 9.59 Å². The normalized spacial score (nSPS) is 20.2. The SMILES string of the molecule is CC1CSCCN1C(=O)N[C@H](C(=O)O)c1ccccc1. The van der Waals surface area contributed by atoms with Gasteiger partial charge in [-0.2, -0.15) is 11.8 Å². The lowest BCUT2D eigenvalue weighted by molar-refractivity contribution is -0.139. The maximum absolute atomic E-state index is 12.2. The van der Waals surface area contributed by atoms with Gasteiger partial charge in [0.05, 0.1) is 0 Å². The van der Waals surface area contributed by atoms with E-state index in [1.807, 2.05) is 24.8 Å². The number of thioether (sulfide) groups is 1. The van der Waals surface area contributed by atoms with Gasteiger partial charge in [-0.15, -0.1) is 0 Å². The van der Waals surface area contributed by atoms with Crippen LogP contribution in [0.5, 0.6) is 0 Å². The van der Waals surface area contributed by atoms with Gasteiger partial charge in [-0.05, 0) is 12.5 Å². The van der Waals surface area contributed by atoms with Gasteiger partial charge in [0.1, 0.15) is 0 Å². The Morgan fingerprint density at radius 2 is 2.10 bits per heavy atom. The topological polar surface area (TPSA) is 69.6 Å². The number of benzene rings is 1. The Balaban J connectivity index is 2.08.